The van der Waals surface area contributed by atoms with E-state index in [0.717, 1.165) is 52.2 Å². The van der Waals surface area contributed by atoms with Crippen LogP contribution in [0.2, 0.25) is 0 Å². The monoisotopic (exact) mass is 355 g/mol. The number of rotatable bonds is 6. The van der Waals surface area contributed by atoms with E-state index in [2.05, 4.69) is 56.2 Å². The fraction of sp³-hybridized carbons (Fsp3) is 0.625. The summed E-state index contributed by atoms with van der Waals surface area (Å²) in [5.74, 6) is 0. The number of benzene rings is 1. The summed E-state index contributed by atoms with van der Waals surface area (Å²) in [6, 6.07) is 6.66. The van der Waals surface area contributed by atoms with Crippen LogP contribution in [0.4, 0.5) is 5.69 Å². The molecular weight excluding hydrogens is 330 g/mol. The number of hydrogen-bond donors (Lipinski definition) is 2. The van der Waals surface area contributed by atoms with Gasteiger partial charge in [-0.15, -0.1) is 0 Å². The average Bonchev–Trinajstić information content (AvgIpc) is 2.72. The molecule has 4 nitrogen and oxygen atoms in total. The lowest BCUT2D eigenvalue weighted by atomic mass is 10.2. The molecule has 1 heterocycles. The summed E-state index contributed by atoms with van der Waals surface area (Å²) in [6.07, 6.45) is 1.15. The van der Waals surface area contributed by atoms with Crippen molar-refractivity contribution >= 4 is 21.6 Å². The van der Waals surface area contributed by atoms with E-state index in [1.807, 2.05) is 0 Å². The third-order valence-electron chi connectivity index (χ3n) is 3.97. The van der Waals surface area contributed by atoms with Crippen molar-refractivity contribution in [1.29, 1.82) is 0 Å². The minimum Gasteiger partial charge on any atom is -0.395 e. The molecule has 0 saturated carbocycles. The second-order valence-electron chi connectivity index (χ2n) is 5.46. The quantitative estimate of drug-likeness (QED) is 0.819. The van der Waals surface area contributed by atoms with Gasteiger partial charge in [-0.25, -0.2) is 0 Å². The maximum atomic E-state index is 9.06. The van der Waals surface area contributed by atoms with E-state index in [1.165, 1.54) is 15.7 Å². The molecule has 2 N–H and O–H groups in total. The molecule has 1 aliphatic rings. The van der Waals surface area contributed by atoms with Crippen LogP contribution in [0.5, 0.6) is 0 Å². The van der Waals surface area contributed by atoms with Gasteiger partial charge in [0, 0.05) is 42.9 Å². The first kappa shape index (κ1) is 16.7. The van der Waals surface area contributed by atoms with E-state index in [9.17, 15) is 0 Å². The molecule has 0 unspecified atom stereocenters. The van der Waals surface area contributed by atoms with Crippen LogP contribution in [-0.2, 0) is 6.54 Å². The van der Waals surface area contributed by atoms with Crippen LogP contribution >= 0.6 is 15.9 Å². The summed E-state index contributed by atoms with van der Waals surface area (Å²) >= 11 is 3.69. The summed E-state index contributed by atoms with van der Waals surface area (Å²) in [7, 11) is 0. The zero-order valence-electron chi connectivity index (χ0n) is 12.8. The van der Waals surface area contributed by atoms with Gasteiger partial charge in [0.25, 0.3) is 0 Å². The van der Waals surface area contributed by atoms with Crippen molar-refractivity contribution < 1.29 is 5.11 Å². The fourth-order valence-electron chi connectivity index (χ4n) is 2.73. The molecule has 118 valence electrons. The highest BCUT2D eigenvalue weighted by atomic mass is 79.9. The topological polar surface area (TPSA) is 38.7 Å². The first-order valence-corrected chi connectivity index (χ1v) is 8.61. The van der Waals surface area contributed by atoms with Gasteiger partial charge in [0.2, 0.25) is 0 Å². The Labute approximate surface area is 136 Å². The molecule has 0 aromatic heterocycles. The van der Waals surface area contributed by atoms with Gasteiger partial charge in [-0.2, -0.15) is 0 Å². The van der Waals surface area contributed by atoms with Gasteiger partial charge in [0.1, 0.15) is 0 Å². The summed E-state index contributed by atoms with van der Waals surface area (Å²) < 4.78 is 1.18. The van der Waals surface area contributed by atoms with Crippen molar-refractivity contribution in [1.82, 2.24) is 10.2 Å². The summed E-state index contributed by atoms with van der Waals surface area (Å²) in [5.41, 5.74) is 2.59. The van der Waals surface area contributed by atoms with Crippen molar-refractivity contribution in [2.45, 2.75) is 19.9 Å². The molecular formula is C16H26BrN3O. The molecule has 0 amide bonds. The number of anilines is 1. The van der Waals surface area contributed by atoms with Crippen LogP contribution in [-0.4, -0.2) is 55.9 Å². The lowest BCUT2D eigenvalue weighted by Crippen LogP contribution is -2.32. The zero-order chi connectivity index (χ0) is 15.1. The van der Waals surface area contributed by atoms with Crippen LogP contribution < -0.4 is 10.2 Å². The van der Waals surface area contributed by atoms with Gasteiger partial charge in [0.15, 0.2) is 0 Å². The van der Waals surface area contributed by atoms with Crippen LogP contribution in [0.3, 0.4) is 0 Å². The van der Waals surface area contributed by atoms with Gasteiger partial charge in [-0.05, 0) is 37.2 Å². The molecule has 1 saturated heterocycles. The third kappa shape index (κ3) is 4.95. The van der Waals surface area contributed by atoms with E-state index in [4.69, 9.17) is 5.11 Å². The second-order valence-corrected chi connectivity index (χ2v) is 6.32. The van der Waals surface area contributed by atoms with Crippen molar-refractivity contribution in [3.8, 4) is 0 Å². The Morgan fingerprint density at radius 2 is 2.10 bits per heavy atom. The van der Waals surface area contributed by atoms with Gasteiger partial charge in [-0.1, -0.05) is 28.9 Å². The molecule has 0 bridgehead atoms. The highest BCUT2D eigenvalue weighted by Crippen LogP contribution is 2.25. The third-order valence-corrected chi connectivity index (χ3v) is 4.71. The number of aliphatic hydroxyl groups is 1. The Kier molecular flexibility index (Phi) is 6.96. The minimum atomic E-state index is 0.255. The Balaban J connectivity index is 1.99. The number of nitrogens with one attached hydrogen (secondary N) is 1. The van der Waals surface area contributed by atoms with Crippen LogP contribution in [0, 0.1) is 0 Å². The van der Waals surface area contributed by atoms with E-state index in [1.54, 1.807) is 0 Å². The van der Waals surface area contributed by atoms with Crippen molar-refractivity contribution in [2.75, 3.05) is 50.8 Å². The molecule has 0 radical (unpaired) electrons. The smallest absolute Gasteiger partial charge is 0.0558 e. The molecule has 1 fully saturated rings. The predicted octanol–water partition coefficient (Wildman–Crippen LogP) is 2.06. The predicted molar refractivity (Wildman–Crippen MR) is 91.9 cm³/mol. The van der Waals surface area contributed by atoms with E-state index >= 15 is 0 Å². The Hall–Kier alpha value is -0.620. The standard InChI is InChI=1S/C16H26BrN3O/c1-2-18-13-14-4-5-15(12-16(14)17)20-7-3-6-19(8-9-20)10-11-21/h4-5,12,18,21H,2-3,6-11,13H2,1H3. The van der Waals surface area contributed by atoms with E-state index < -0.39 is 0 Å². The molecule has 0 spiro atoms. The SMILES string of the molecule is CCNCc1ccc(N2CCCN(CCO)CC2)cc1Br. The molecule has 0 atom stereocenters. The molecule has 2 rings (SSSR count). The van der Waals surface area contributed by atoms with E-state index in [0.29, 0.717) is 0 Å². The fourth-order valence-corrected chi connectivity index (χ4v) is 3.24. The number of aliphatic hydroxyl groups excluding tert-OH is 1. The Morgan fingerprint density at radius 3 is 2.81 bits per heavy atom. The van der Waals surface area contributed by atoms with Gasteiger partial charge < -0.3 is 15.3 Å². The summed E-state index contributed by atoms with van der Waals surface area (Å²) in [6.45, 7) is 9.28. The van der Waals surface area contributed by atoms with Crippen molar-refractivity contribution in [3.05, 3.63) is 28.2 Å². The Morgan fingerprint density at radius 1 is 1.24 bits per heavy atom. The Bertz CT molecular complexity index is 442. The number of nitrogens with zero attached hydrogens (tertiary/aromatic N) is 2. The number of hydrogen-bond acceptors (Lipinski definition) is 4. The van der Waals surface area contributed by atoms with Crippen LogP contribution in [0.1, 0.15) is 18.9 Å². The largest absolute Gasteiger partial charge is 0.395 e. The molecule has 1 aromatic carbocycles. The highest BCUT2D eigenvalue weighted by Gasteiger charge is 2.15. The van der Waals surface area contributed by atoms with Crippen LogP contribution in [0.15, 0.2) is 22.7 Å². The molecule has 21 heavy (non-hydrogen) atoms. The minimum absolute atomic E-state index is 0.255. The van der Waals surface area contributed by atoms with Gasteiger partial charge >= 0.3 is 0 Å². The van der Waals surface area contributed by atoms with Gasteiger partial charge in [0.05, 0.1) is 6.61 Å². The molecule has 0 aliphatic carbocycles. The number of β-amino-alcohol motifs (C(OH)–C–C–N with tert-alkyl or cyclic N) is 1. The van der Waals surface area contributed by atoms with Crippen molar-refractivity contribution in [3.63, 3.8) is 0 Å². The first-order chi connectivity index (χ1) is 10.2. The summed E-state index contributed by atoms with van der Waals surface area (Å²) in [5, 5.41) is 12.4. The number of halogens is 1. The normalized spacial score (nSPS) is 17.0. The van der Waals surface area contributed by atoms with E-state index in [-0.39, 0.29) is 6.61 Å². The first-order valence-electron chi connectivity index (χ1n) is 7.82. The molecule has 5 heteroatoms. The maximum absolute atomic E-state index is 9.06. The summed E-state index contributed by atoms with van der Waals surface area (Å²) in [4.78, 5) is 4.79. The van der Waals surface area contributed by atoms with Gasteiger partial charge in [-0.3, -0.25) is 4.90 Å². The lowest BCUT2D eigenvalue weighted by molar-refractivity contribution is 0.204. The van der Waals surface area contributed by atoms with Crippen LogP contribution in [0.25, 0.3) is 0 Å². The molecule has 1 aliphatic heterocycles. The highest BCUT2D eigenvalue weighted by molar-refractivity contribution is 9.10. The lowest BCUT2D eigenvalue weighted by Gasteiger charge is -2.24. The molecule has 1 aromatic rings. The average molecular weight is 356 g/mol. The maximum Gasteiger partial charge on any atom is 0.0558 e. The van der Waals surface area contributed by atoms with Crippen molar-refractivity contribution in [2.24, 2.45) is 0 Å². The second kappa shape index (κ2) is 8.73. The zero-order valence-corrected chi connectivity index (χ0v) is 14.4.